The van der Waals surface area contributed by atoms with Crippen LogP contribution in [-0.2, 0) is 9.59 Å². The molecular formula is C9H15BN2O2. The zero-order chi connectivity index (χ0) is 10.6. The van der Waals surface area contributed by atoms with Crippen LogP contribution in [0.4, 0.5) is 0 Å². The van der Waals surface area contributed by atoms with Crippen LogP contribution in [0.5, 0.6) is 0 Å². The molecule has 0 aromatic carbocycles. The fourth-order valence-corrected chi connectivity index (χ4v) is 1.90. The van der Waals surface area contributed by atoms with Gasteiger partial charge in [0.2, 0.25) is 0 Å². The van der Waals surface area contributed by atoms with Gasteiger partial charge in [-0.1, -0.05) is 0 Å². The first-order valence-corrected chi connectivity index (χ1v) is 4.76. The third kappa shape index (κ3) is 2.58. The summed E-state index contributed by atoms with van der Waals surface area (Å²) in [6.45, 7) is 1.68. The van der Waals surface area contributed by atoms with Crippen molar-refractivity contribution in [1.29, 1.82) is 0 Å². The summed E-state index contributed by atoms with van der Waals surface area (Å²) >= 11 is 0. The first-order chi connectivity index (χ1) is 6.62. The molecule has 76 valence electrons. The van der Waals surface area contributed by atoms with Gasteiger partial charge in [-0.05, 0) is 0 Å². The summed E-state index contributed by atoms with van der Waals surface area (Å²) < 4.78 is 0. The van der Waals surface area contributed by atoms with Gasteiger partial charge >= 0.3 is 84.0 Å². The van der Waals surface area contributed by atoms with Crippen LogP contribution in [-0.4, -0.2) is 44.9 Å². The minimum absolute atomic E-state index is 0.222. The Hall–Kier alpha value is -0.835. The number of hydrogen-bond donors (Lipinski definition) is 0. The fraction of sp³-hybridized carbons (Fsp3) is 0.778. The van der Waals surface area contributed by atoms with E-state index in [2.05, 4.69) is 17.4 Å². The predicted octanol–water partition coefficient (Wildman–Crippen LogP) is -0.102. The summed E-state index contributed by atoms with van der Waals surface area (Å²) in [6, 6.07) is 0. The molecule has 0 aromatic rings. The number of aldehydes is 1. The van der Waals surface area contributed by atoms with Gasteiger partial charge in [0, 0.05) is 0 Å². The molecule has 1 rings (SSSR count). The number of likely N-dealkylation sites (tertiary alicyclic amines) is 1. The fourth-order valence-electron chi connectivity index (χ4n) is 1.90. The molecule has 14 heavy (non-hydrogen) atoms. The van der Waals surface area contributed by atoms with Crippen LogP contribution in [0.15, 0.2) is 4.90 Å². The standard InChI is InChI=1S/C9H15BN2O2/c1-12-5-4-9(6-12,7-13)3-2-8(14)11-10/h7,10H,2-6H2,1H3. The topological polar surface area (TPSA) is 49.7 Å². The molecule has 1 aliphatic heterocycles. The molecule has 5 heteroatoms. The van der Waals surface area contributed by atoms with Gasteiger partial charge in [0.25, 0.3) is 0 Å². The third-order valence-corrected chi connectivity index (χ3v) is 2.84. The van der Waals surface area contributed by atoms with Crippen molar-refractivity contribution in [2.75, 3.05) is 20.1 Å². The Morgan fingerprint density at radius 2 is 2.43 bits per heavy atom. The van der Waals surface area contributed by atoms with Crippen LogP contribution in [0.3, 0.4) is 0 Å². The van der Waals surface area contributed by atoms with Crippen molar-refractivity contribution in [3.63, 3.8) is 0 Å². The van der Waals surface area contributed by atoms with Crippen LogP contribution >= 0.6 is 0 Å². The molecule has 4 nitrogen and oxygen atoms in total. The number of rotatable bonds is 4. The van der Waals surface area contributed by atoms with E-state index in [0.29, 0.717) is 12.8 Å². The van der Waals surface area contributed by atoms with Gasteiger partial charge in [0.15, 0.2) is 0 Å². The Bertz CT molecular complexity index is 257. The molecule has 0 N–H and O–H groups in total. The van der Waals surface area contributed by atoms with Crippen molar-refractivity contribution >= 4 is 19.8 Å². The number of amides is 1. The molecule has 1 atom stereocenters. The molecule has 1 saturated heterocycles. The number of carbonyl (C=O) groups excluding carboxylic acids is 2. The molecule has 1 unspecified atom stereocenters. The molecule has 1 fully saturated rings. The van der Waals surface area contributed by atoms with E-state index in [1.165, 1.54) is 0 Å². The monoisotopic (exact) mass is 194 g/mol. The van der Waals surface area contributed by atoms with E-state index in [-0.39, 0.29) is 11.3 Å². The predicted molar refractivity (Wildman–Crippen MR) is 54.4 cm³/mol. The Kier molecular flexibility index (Phi) is 3.69. The van der Waals surface area contributed by atoms with Gasteiger partial charge in [0.05, 0.1) is 0 Å². The van der Waals surface area contributed by atoms with E-state index in [1.54, 1.807) is 0 Å². The van der Waals surface area contributed by atoms with E-state index in [0.717, 1.165) is 25.8 Å². The normalized spacial score (nSPS) is 27.4. The van der Waals surface area contributed by atoms with E-state index in [4.69, 9.17) is 0 Å². The van der Waals surface area contributed by atoms with Crippen molar-refractivity contribution in [3.8, 4) is 0 Å². The minimum atomic E-state index is -0.324. The molecule has 1 heterocycles. The molecule has 0 aromatic heterocycles. The van der Waals surface area contributed by atoms with Crippen molar-refractivity contribution < 1.29 is 9.59 Å². The van der Waals surface area contributed by atoms with Crippen LogP contribution in [0.25, 0.3) is 0 Å². The summed E-state index contributed by atoms with van der Waals surface area (Å²) in [5.41, 5.74) is -0.324. The van der Waals surface area contributed by atoms with Crippen LogP contribution in [0.2, 0.25) is 0 Å². The molecule has 0 saturated carbocycles. The molecule has 0 aliphatic carbocycles. The SMILES string of the molecule is B=NC(=O)CCC1(C=O)CCN(C)C1. The first kappa shape index (κ1) is 11.2. The average molecular weight is 194 g/mol. The Morgan fingerprint density at radius 1 is 1.71 bits per heavy atom. The molecule has 1 amide bonds. The van der Waals surface area contributed by atoms with Crippen molar-refractivity contribution in [3.05, 3.63) is 0 Å². The molecule has 1 aliphatic rings. The van der Waals surface area contributed by atoms with Gasteiger partial charge in [0.1, 0.15) is 0 Å². The second-order valence-electron chi connectivity index (χ2n) is 4.02. The number of hydrogen-bond acceptors (Lipinski definition) is 3. The third-order valence-electron chi connectivity index (χ3n) is 2.84. The van der Waals surface area contributed by atoms with E-state index in [1.807, 2.05) is 7.05 Å². The van der Waals surface area contributed by atoms with E-state index < -0.39 is 0 Å². The zero-order valence-corrected chi connectivity index (χ0v) is 8.53. The maximum absolute atomic E-state index is 11.0. The Morgan fingerprint density at radius 3 is 2.86 bits per heavy atom. The average Bonchev–Trinajstić information content (AvgIpc) is 2.57. The quantitative estimate of drug-likeness (QED) is 0.463. The van der Waals surface area contributed by atoms with Crippen molar-refractivity contribution in [2.45, 2.75) is 19.3 Å². The number of carbonyl (C=O) groups is 2. The first-order valence-electron chi connectivity index (χ1n) is 4.76. The molecule has 0 radical (unpaired) electrons. The summed E-state index contributed by atoms with van der Waals surface area (Å²) in [6.07, 6.45) is 2.76. The van der Waals surface area contributed by atoms with Gasteiger partial charge in [-0.15, -0.1) is 0 Å². The van der Waals surface area contributed by atoms with Gasteiger partial charge in [-0.3, -0.25) is 0 Å². The second kappa shape index (κ2) is 4.60. The molecular weight excluding hydrogens is 179 g/mol. The van der Waals surface area contributed by atoms with Crippen LogP contribution in [0, 0.1) is 5.41 Å². The second-order valence-corrected chi connectivity index (χ2v) is 4.02. The van der Waals surface area contributed by atoms with Crippen molar-refractivity contribution in [2.24, 2.45) is 10.3 Å². The van der Waals surface area contributed by atoms with E-state index in [9.17, 15) is 9.59 Å². The summed E-state index contributed by atoms with van der Waals surface area (Å²) in [4.78, 5) is 27.4. The summed E-state index contributed by atoms with van der Waals surface area (Å²) in [7, 11) is 5.16. The Balaban J connectivity index is 2.50. The van der Waals surface area contributed by atoms with Crippen LogP contribution < -0.4 is 0 Å². The van der Waals surface area contributed by atoms with E-state index >= 15 is 0 Å². The molecule has 0 spiro atoms. The van der Waals surface area contributed by atoms with Gasteiger partial charge < -0.3 is 0 Å². The number of nitrogens with zero attached hydrogens (tertiary/aromatic N) is 2. The summed E-state index contributed by atoms with van der Waals surface area (Å²) in [5.74, 6) is -0.222. The van der Waals surface area contributed by atoms with Crippen molar-refractivity contribution in [1.82, 2.24) is 4.90 Å². The van der Waals surface area contributed by atoms with Gasteiger partial charge in [-0.2, -0.15) is 0 Å². The Labute approximate surface area is 84.8 Å². The summed E-state index contributed by atoms with van der Waals surface area (Å²) in [5, 5.41) is 0. The van der Waals surface area contributed by atoms with Crippen LogP contribution in [0.1, 0.15) is 19.3 Å². The maximum atomic E-state index is 11.0. The zero-order valence-electron chi connectivity index (χ0n) is 8.53. The van der Waals surface area contributed by atoms with Gasteiger partial charge in [-0.25, -0.2) is 0 Å². The molecule has 0 bridgehead atoms.